The van der Waals surface area contributed by atoms with Gasteiger partial charge in [0.05, 0.1) is 5.69 Å². The predicted molar refractivity (Wildman–Crippen MR) is 95.1 cm³/mol. The summed E-state index contributed by atoms with van der Waals surface area (Å²) in [5.41, 5.74) is 3.50. The number of benzene rings is 2. The Bertz CT molecular complexity index is 671. The summed E-state index contributed by atoms with van der Waals surface area (Å²) in [6.07, 6.45) is 0. The van der Waals surface area contributed by atoms with E-state index in [2.05, 4.69) is 42.5 Å². The number of hydrogen-bond donors (Lipinski definition) is 2. The van der Waals surface area contributed by atoms with E-state index in [1.807, 2.05) is 50.2 Å². The van der Waals surface area contributed by atoms with Gasteiger partial charge in [-0.15, -0.1) is 0 Å². The summed E-state index contributed by atoms with van der Waals surface area (Å²) in [5, 5.41) is 6.17. The molecule has 0 saturated carbocycles. The average molecular weight is 412 g/mol. The first-order chi connectivity index (χ1) is 10.0. The van der Waals surface area contributed by atoms with Crippen LogP contribution in [-0.4, -0.2) is 12.5 Å². The topological polar surface area (TPSA) is 41.1 Å². The van der Waals surface area contributed by atoms with Crippen LogP contribution in [0.1, 0.15) is 22.8 Å². The minimum atomic E-state index is -0.121. The van der Waals surface area contributed by atoms with Crippen molar-refractivity contribution in [1.82, 2.24) is 0 Å². The van der Waals surface area contributed by atoms with Crippen LogP contribution in [0.5, 0.6) is 0 Å². The summed E-state index contributed by atoms with van der Waals surface area (Å²) in [4.78, 5) is 12.3. The number of nitrogens with one attached hydrogen (secondary N) is 2. The van der Waals surface area contributed by atoms with E-state index < -0.39 is 0 Å². The lowest BCUT2D eigenvalue weighted by Crippen LogP contribution is -2.13. The van der Waals surface area contributed by atoms with Crippen molar-refractivity contribution < 1.29 is 4.79 Å². The Morgan fingerprint density at radius 1 is 1.10 bits per heavy atom. The largest absolute Gasteiger partial charge is 0.385 e. The Labute approximate surface area is 141 Å². The number of carbonyl (C=O) groups is 1. The minimum Gasteiger partial charge on any atom is -0.385 e. The molecule has 1 amide bonds. The number of amides is 1. The van der Waals surface area contributed by atoms with Gasteiger partial charge in [0.15, 0.2) is 0 Å². The van der Waals surface area contributed by atoms with Gasteiger partial charge < -0.3 is 10.6 Å². The molecule has 0 saturated heterocycles. The van der Waals surface area contributed by atoms with E-state index in [-0.39, 0.29) is 5.91 Å². The van der Waals surface area contributed by atoms with Gasteiger partial charge in [-0.2, -0.15) is 0 Å². The normalized spacial score (nSPS) is 10.3. The average Bonchev–Trinajstić information content (AvgIpc) is 2.44. The summed E-state index contributed by atoms with van der Waals surface area (Å²) in [5.74, 6) is -0.121. The van der Waals surface area contributed by atoms with Crippen molar-refractivity contribution in [2.24, 2.45) is 0 Å². The molecule has 0 aliphatic heterocycles. The molecule has 0 heterocycles. The molecule has 110 valence electrons. The third-order valence-corrected chi connectivity index (χ3v) is 4.18. The second-order valence-corrected chi connectivity index (χ2v) is 6.41. The lowest BCUT2D eigenvalue weighted by atomic mass is 10.1. The Morgan fingerprint density at radius 3 is 2.43 bits per heavy atom. The predicted octanol–water partition coefficient (Wildman–Crippen LogP) is 5.20. The highest BCUT2D eigenvalue weighted by molar-refractivity contribution is 9.11. The molecule has 0 bridgehead atoms. The summed E-state index contributed by atoms with van der Waals surface area (Å²) in [6, 6.07) is 11.3. The molecule has 0 aliphatic rings. The first kappa shape index (κ1) is 16.0. The number of carbonyl (C=O) groups excluding carboxylic acids is 1. The zero-order chi connectivity index (χ0) is 15.4. The van der Waals surface area contributed by atoms with E-state index in [0.717, 1.165) is 32.4 Å². The van der Waals surface area contributed by atoms with Crippen LogP contribution < -0.4 is 10.6 Å². The summed E-state index contributed by atoms with van der Waals surface area (Å²) >= 11 is 6.83. The van der Waals surface area contributed by atoms with Crippen LogP contribution in [-0.2, 0) is 0 Å². The third-order valence-electron chi connectivity index (χ3n) is 3.04. The van der Waals surface area contributed by atoms with Crippen molar-refractivity contribution in [2.75, 3.05) is 17.2 Å². The fraction of sp³-hybridized carbons (Fsp3) is 0.188. The molecule has 0 spiro atoms. The number of hydrogen-bond acceptors (Lipinski definition) is 2. The van der Waals surface area contributed by atoms with Crippen molar-refractivity contribution in [1.29, 1.82) is 0 Å². The smallest absolute Gasteiger partial charge is 0.255 e. The standard InChI is InChI=1S/C16H16Br2N2O/c1-3-19-14-6-4-11(8-10(14)2)16(21)20-15-7-5-12(17)9-13(15)18/h4-9,19H,3H2,1-2H3,(H,20,21). The van der Waals surface area contributed by atoms with Crippen LogP contribution in [0.4, 0.5) is 11.4 Å². The van der Waals surface area contributed by atoms with E-state index in [4.69, 9.17) is 0 Å². The van der Waals surface area contributed by atoms with Gasteiger partial charge in [0.1, 0.15) is 0 Å². The van der Waals surface area contributed by atoms with Crippen molar-refractivity contribution in [3.8, 4) is 0 Å². The molecule has 2 N–H and O–H groups in total. The van der Waals surface area contributed by atoms with Crippen LogP contribution in [0.15, 0.2) is 45.3 Å². The number of rotatable bonds is 4. The summed E-state index contributed by atoms with van der Waals surface area (Å²) in [6.45, 7) is 4.90. The molecule has 0 aliphatic carbocycles. The van der Waals surface area contributed by atoms with Crippen LogP contribution >= 0.6 is 31.9 Å². The molecule has 3 nitrogen and oxygen atoms in total. The van der Waals surface area contributed by atoms with E-state index in [1.165, 1.54) is 0 Å². The summed E-state index contributed by atoms with van der Waals surface area (Å²) in [7, 11) is 0. The second kappa shape index (κ2) is 7.09. The van der Waals surface area contributed by atoms with Gasteiger partial charge in [-0.05, 0) is 71.7 Å². The molecule has 2 aromatic carbocycles. The Morgan fingerprint density at radius 2 is 1.81 bits per heavy atom. The number of halogens is 2. The fourth-order valence-electron chi connectivity index (χ4n) is 1.98. The zero-order valence-electron chi connectivity index (χ0n) is 11.8. The van der Waals surface area contributed by atoms with Gasteiger partial charge in [0, 0.05) is 26.7 Å². The summed E-state index contributed by atoms with van der Waals surface area (Å²) < 4.78 is 1.80. The van der Waals surface area contributed by atoms with E-state index in [0.29, 0.717) is 5.56 Å². The minimum absolute atomic E-state index is 0.121. The van der Waals surface area contributed by atoms with Crippen LogP contribution in [0.25, 0.3) is 0 Å². The molecule has 0 fully saturated rings. The number of anilines is 2. The van der Waals surface area contributed by atoms with Crippen LogP contribution in [0.2, 0.25) is 0 Å². The molecule has 2 rings (SSSR count). The van der Waals surface area contributed by atoms with Crippen molar-refractivity contribution in [3.63, 3.8) is 0 Å². The first-order valence-corrected chi connectivity index (χ1v) is 8.20. The lowest BCUT2D eigenvalue weighted by molar-refractivity contribution is 0.102. The first-order valence-electron chi connectivity index (χ1n) is 6.62. The van der Waals surface area contributed by atoms with Crippen molar-refractivity contribution in [2.45, 2.75) is 13.8 Å². The Kier molecular flexibility index (Phi) is 5.42. The maximum absolute atomic E-state index is 12.3. The molecule has 21 heavy (non-hydrogen) atoms. The Hall–Kier alpha value is -1.33. The highest BCUT2D eigenvalue weighted by Crippen LogP contribution is 2.27. The number of aryl methyl sites for hydroxylation is 1. The van der Waals surface area contributed by atoms with Gasteiger partial charge in [0.2, 0.25) is 0 Å². The van der Waals surface area contributed by atoms with Gasteiger partial charge in [-0.1, -0.05) is 15.9 Å². The molecule has 0 radical (unpaired) electrons. The van der Waals surface area contributed by atoms with E-state index in [9.17, 15) is 4.79 Å². The lowest BCUT2D eigenvalue weighted by Gasteiger charge is -2.11. The van der Waals surface area contributed by atoms with Crippen LogP contribution in [0.3, 0.4) is 0 Å². The molecule has 2 aromatic rings. The second-order valence-electron chi connectivity index (χ2n) is 4.64. The maximum atomic E-state index is 12.3. The van der Waals surface area contributed by atoms with Gasteiger partial charge >= 0.3 is 0 Å². The highest BCUT2D eigenvalue weighted by Gasteiger charge is 2.10. The van der Waals surface area contributed by atoms with Crippen molar-refractivity contribution >= 4 is 49.1 Å². The van der Waals surface area contributed by atoms with Gasteiger partial charge in [-0.25, -0.2) is 0 Å². The quantitative estimate of drug-likeness (QED) is 0.725. The van der Waals surface area contributed by atoms with Gasteiger partial charge in [-0.3, -0.25) is 4.79 Å². The molecule has 0 atom stereocenters. The maximum Gasteiger partial charge on any atom is 0.255 e. The Balaban J connectivity index is 2.18. The fourth-order valence-corrected chi connectivity index (χ4v) is 3.13. The monoisotopic (exact) mass is 410 g/mol. The molecule has 0 unspecified atom stereocenters. The highest BCUT2D eigenvalue weighted by atomic mass is 79.9. The van der Waals surface area contributed by atoms with Crippen LogP contribution in [0, 0.1) is 6.92 Å². The molecular weight excluding hydrogens is 396 g/mol. The molecule has 0 aromatic heterocycles. The van der Waals surface area contributed by atoms with E-state index in [1.54, 1.807) is 0 Å². The van der Waals surface area contributed by atoms with Crippen molar-refractivity contribution in [3.05, 3.63) is 56.5 Å². The zero-order valence-corrected chi connectivity index (χ0v) is 15.0. The SMILES string of the molecule is CCNc1ccc(C(=O)Nc2ccc(Br)cc2Br)cc1C. The van der Waals surface area contributed by atoms with E-state index >= 15 is 0 Å². The van der Waals surface area contributed by atoms with Gasteiger partial charge in [0.25, 0.3) is 5.91 Å². The third kappa shape index (κ3) is 4.08. The molecule has 5 heteroatoms. The molecular formula is C16H16Br2N2O.